The Bertz CT molecular complexity index is 826. The maximum Gasteiger partial charge on any atom is 0.244 e. The zero-order chi connectivity index (χ0) is 19.3. The lowest BCUT2D eigenvalue weighted by molar-refractivity contribution is 0.167. The van der Waals surface area contributed by atoms with Crippen LogP contribution in [0.4, 0.5) is 0 Å². The standard InChI is InChI=1S/C20H28N2O4S/c1-3-25-19-7-6-16(2)13-20(19)27(23,24)21-14-17-8-10-22(11-9-17)15-18-5-4-12-26-18/h4-7,12-13,17,21H,3,8-11,14-15H2,1-2H3. The smallest absolute Gasteiger partial charge is 0.244 e. The van der Waals surface area contributed by atoms with Crippen molar-refractivity contribution in [3.8, 4) is 5.75 Å². The van der Waals surface area contributed by atoms with E-state index in [1.165, 1.54) is 0 Å². The summed E-state index contributed by atoms with van der Waals surface area (Å²) in [7, 11) is -3.59. The van der Waals surface area contributed by atoms with Crippen LogP contribution in [0.15, 0.2) is 45.9 Å². The molecule has 6 nitrogen and oxygen atoms in total. The van der Waals surface area contributed by atoms with E-state index in [2.05, 4.69) is 9.62 Å². The monoisotopic (exact) mass is 392 g/mol. The van der Waals surface area contributed by atoms with E-state index in [0.717, 1.165) is 43.8 Å². The normalized spacial score (nSPS) is 16.5. The fourth-order valence-corrected chi connectivity index (χ4v) is 4.72. The lowest BCUT2D eigenvalue weighted by Gasteiger charge is -2.31. The quantitative estimate of drug-likeness (QED) is 0.747. The van der Waals surface area contributed by atoms with Gasteiger partial charge in [0.15, 0.2) is 0 Å². The van der Waals surface area contributed by atoms with Crippen LogP contribution in [0.25, 0.3) is 0 Å². The number of piperidine rings is 1. The van der Waals surface area contributed by atoms with Crippen LogP contribution in [-0.2, 0) is 16.6 Å². The Balaban J connectivity index is 1.55. The third-order valence-electron chi connectivity index (χ3n) is 4.92. The molecule has 0 atom stereocenters. The zero-order valence-electron chi connectivity index (χ0n) is 16.0. The molecule has 0 radical (unpaired) electrons. The van der Waals surface area contributed by atoms with Gasteiger partial charge in [-0.25, -0.2) is 13.1 Å². The van der Waals surface area contributed by atoms with Gasteiger partial charge < -0.3 is 9.15 Å². The predicted molar refractivity (Wildman–Crippen MR) is 104 cm³/mol. The summed E-state index contributed by atoms with van der Waals surface area (Å²) in [6.45, 7) is 7.32. The molecular formula is C20H28N2O4S. The summed E-state index contributed by atoms with van der Waals surface area (Å²) in [5.74, 6) is 1.72. The molecule has 1 aliphatic heterocycles. The maximum absolute atomic E-state index is 12.8. The minimum absolute atomic E-state index is 0.222. The number of likely N-dealkylation sites (tertiary alicyclic amines) is 1. The molecule has 2 heterocycles. The Morgan fingerprint density at radius 1 is 1.26 bits per heavy atom. The third-order valence-corrected chi connectivity index (χ3v) is 6.36. The van der Waals surface area contributed by atoms with Gasteiger partial charge in [0.1, 0.15) is 16.4 Å². The van der Waals surface area contributed by atoms with Crippen molar-refractivity contribution in [1.82, 2.24) is 9.62 Å². The van der Waals surface area contributed by atoms with Crippen LogP contribution in [0.1, 0.15) is 31.1 Å². The molecule has 0 bridgehead atoms. The van der Waals surface area contributed by atoms with Crippen molar-refractivity contribution in [2.45, 2.75) is 38.1 Å². The van der Waals surface area contributed by atoms with Gasteiger partial charge in [0, 0.05) is 6.54 Å². The highest BCUT2D eigenvalue weighted by Gasteiger charge is 2.24. The van der Waals surface area contributed by atoms with Crippen LogP contribution in [-0.4, -0.2) is 39.6 Å². The van der Waals surface area contributed by atoms with Crippen molar-refractivity contribution in [3.63, 3.8) is 0 Å². The molecule has 0 unspecified atom stereocenters. The average molecular weight is 393 g/mol. The molecule has 1 fully saturated rings. The first-order chi connectivity index (χ1) is 13.0. The molecule has 1 aliphatic rings. The summed E-state index contributed by atoms with van der Waals surface area (Å²) >= 11 is 0. The minimum atomic E-state index is -3.59. The molecule has 0 amide bonds. The van der Waals surface area contributed by atoms with E-state index in [1.807, 2.05) is 32.0 Å². The van der Waals surface area contributed by atoms with E-state index in [1.54, 1.807) is 18.4 Å². The van der Waals surface area contributed by atoms with Crippen molar-refractivity contribution >= 4 is 10.0 Å². The number of rotatable bonds is 8. The van der Waals surface area contributed by atoms with Gasteiger partial charge in [0.05, 0.1) is 19.4 Å². The summed E-state index contributed by atoms with van der Waals surface area (Å²) in [6, 6.07) is 9.13. The SMILES string of the molecule is CCOc1ccc(C)cc1S(=O)(=O)NCC1CCN(Cc2ccco2)CC1. The number of benzene rings is 1. The average Bonchev–Trinajstić information content (AvgIpc) is 3.16. The van der Waals surface area contributed by atoms with Crippen LogP contribution in [0.2, 0.25) is 0 Å². The number of nitrogens with one attached hydrogen (secondary N) is 1. The molecule has 1 saturated heterocycles. The van der Waals surface area contributed by atoms with Crippen LogP contribution >= 0.6 is 0 Å². The van der Waals surface area contributed by atoms with Crippen molar-refractivity contribution in [2.75, 3.05) is 26.2 Å². The van der Waals surface area contributed by atoms with Gasteiger partial charge in [0.2, 0.25) is 10.0 Å². The Morgan fingerprint density at radius 3 is 2.70 bits per heavy atom. The van der Waals surface area contributed by atoms with Crippen LogP contribution in [0.3, 0.4) is 0 Å². The van der Waals surface area contributed by atoms with Gasteiger partial charge in [-0.2, -0.15) is 0 Å². The molecule has 0 aliphatic carbocycles. The molecule has 1 aromatic carbocycles. The Hall–Kier alpha value is -1.83. The lowest BCUT2D eigenvalue weighted by atomic mass is 9.97. The summed E-state index contributed by atoms with van der Waals surface area (Å²) < 4.78 is 39.3. The van der Waals surface area contributed by atoms with Crippen LogP contribution in [0, 0.1) is 12.8 Å². The highest BCUT2D eigenvalue weighted by Crippen LogP contribution is 2.26. The first-order valence-electron chi connectivity index (χ1n) is 9.46. The molecule has 0 spiro atoms. The minimum Gasteiger partial charge on any atom is -0.492 e. The summed E-state index contributed by atoms with van der Waals surface area (Å²) in [6.07, 6.45) is 3.63. The van der Waals surface area contributed by atoms with E-state index in [9.17, 15) is 8.42 Å². The second-order valence-corrected chi connectivity index (χ2v) is 8.77. The summed E-state index contributed by atoms with van der Waals surface area (Å²) in [5.41, 5.74) is 0.894. The van der Waals surface area contributed by atoms with E-state index in [-0.39, 0.29) is 4.90 Å². The van der Waals surface area contributed by atoms with Gasteiger partial charge in [-0.05, 0) is 75.5 Å². The number of ether oxygens (including phenoxy) is 1. The molecule has 7 heteroatoms. The van der Waals surface area contributed by atoms with E-state index >= 15 is 0 Å². The third kappa shape index (κ3) is 5.34. The lowest BCUT2D eigenvalue weighted by Crippen LogP contribution is -2.38. The second kappa shape index (κ2) is 8.91. The van der Waals surface area contributed by atoms with E-state index in [0.29, 0.717) is 24.8 Å². The highest BCUT2D eigenvalue weighted by molar-refractivity contribution is 7.89. The Kier molecular flexibility index (Phi) is 6.57. The number of furan rings is 1. The Labute approximate surface area is 161 Å². The van der Waals surface area contributed by atoms with Gasteiger partial charge in [-0.15, -0.1) is 0 Å². The van der Waals surface area contributed by atoms with E-state index in [4.69, 9.17) is 9.15 Å². The molecule has 1 N–H and O–H groups in total. The fourth-order valence-electron chi connectivity index (χ4n) is 3.38. The molecule has 3 rings (SSSR count). The van der Waals surface area contributed by atoms with Crippen molar-refractivity contribution in [1.29, 1.82) is 0 Å². The molecule has 2 aromatic rings. The highest BCUT2D eigenvalue weighted by atomic mass is 32.2. The number of hydrogen-bond donors (Lipinski definition) is 1. The van der Waals surface area contributed by atoms with Gasteiger partial charge >= 0.3 is 0 Å². The van der Waals surface area contributed by atoms with E-state index < -0.39 is 10.0 Å². The predicted octanol–water partition coefficient (Wildman–Crippen LogP) is 3.18. The second-order valence-electron chi connectivity index (χ2n) is 7.03. The number of nitrogens with zero attached hydrogens (tertiary/aromatic N) is 1. The van der Waals surface area contributed by atoms with Crippen LogP contribution in [0.5, 0.6) is 5.75 Å². The first kappa shape index (κ1) is 19.9. The van der Waals surface area contributed by atoms with Crippen LogP contribution < -0.4 is 9.46 Å². The molecule has 0 saturated carbocycles. The summed E-state index contributed by atoms with van der Waals surface area (Å²) in [5, 5.41) is 0. The van der Waals surface area contributed by atoms with Crippen molar-refractivity contribution in [3.05, 3.63) is 47.9 Å². The summed E-state index contributed by atoms with van der Waals surface area (Å²) in [4.78, 5) is 2.57. The largest absolute Gasteiger partial charge is 0.492 e. The van der Waals surface area contributed by atoms with Gasteiger partial charge in [-0.1, -0.05) is 6.07 Å². The number of hydrogen-bond acceptors (Lipinski definition) is 5. The first-order valence-corrected chi connectivity index (χ1v) is 10.9. The molecular weight excluding hydrogens is 364 g/mol. The maximum atomic E-state index is 12.8. The van der Waals surface area contributed by atoms with Gasteiger partial charge in [-0.3, -0.25) is 4.90 Å². The molecule has 1 aromatic heterocycles. The van der Waals surface area contributed by atoms with Crippen molar-refractivity contribution in [2.24, 2.45) is 5.92 Å². The van der Waals surface area contributed by atoms with Crippen molar-refractivity contribution < 1.29 is 17.6 Å². The fraction of sp³-hybridized carbons (Fsp3) is 0.500. The molecule has 27 heavy (non-hydrogen) atoms. The zero-order valence-corrected chi connectivity index (χ0v) is 16.8. The number of aryl methyl sites for hydroxylation is 1. The Morgan fingerprint density at radius 2 is 2.04 bits per heavy atom. The number of sulfonamides is 1. The topological polar surface area (TPSA) is 71.8 Å². The molecule has 148 valence electrons. The van der Waals surface area contributed by atoms with Gasteiger partial charge in [0.25, 0.3) is 0 Å².